The molecule has 5 rings (SSSR count). The van der Waals surface area contributed by atoms with Crippen molar-refractivity contribution in [1.29, 1.82) is 0 Å². The molecule has 2 aromatic heterocycles. The van der Waals surface area contributed by atoms with Crippen LogP contribution in [0, 0.1) is 5.82 Å². The lowest BCUT2D eigenvalue weighted by Crippen LogP contribution is -2.52. The summed E-state index contributed by atoms with van der Waals surface area (Å²) < 4.78 is 77.1. The monoisotopic (exact) mass is 599 g/mol. The number of hydrogen-bond acceptors (Lipinski definition) is 10. The number of nitrogens with zero attached hydrogens (tertiary/aromatic N) is 6. The summed E-state index contributed by atoms with van der Waals surface area (Å²) >= 11 is 0. The van der Waals surface area contributed by atoms with Gasteiger partial charge in [0.25, 0.3) is 0 Å². The van der Waals surface area contributed by atoms with E-state index in [-0.39, 0.29) is 17.3 Å². The molecule has 41 heavy (non-hydrogen) atoms. The van der Waals surface area contributed by atoms with Gasteiger partial charge in [-0.05, 0) is 38.0 Å². The number of methoxy groups -OCH3 is 1. The summed E-state index contributed by atoms with van der Waals surface area (Å²) in [7, 11) is -1.32. The fourth-order valence-corrected chi connectivity index (χ4v) is 6.69. The minimum Gasteiger partial charge on any atom is -0.480 e. The predicted octanol–water partition coefficient (Wildman–Crippen LogP) is 3.60. The van der Waals surface area contributed by atoms with E-state index in [1.807, 2.05) is 0 Å². The van der Waals surface area contributed by atoms with Gasteiger partial charge in [0.05, 0.1) is 31.8 Å². The van der Waals surface area contributed by atoms with Gasteiger partial charge in [-0.2, -0.15) is 13.2 Å². The largest absolute Gasteiger partial charge is 0.490 e. The molecule has 17 heteroatoms. The second-order valence-corrected chi connectivity index (χ2v) is 11.4. The van der Waals surface area contributed by atoms with Crippen molar-refractivity contribution in [3.8, 4) is 28.6 Å². The molecule has 0 unspecified atom stereocenters. The van der Waals surface area contributed by atoms with E-state index in [9.17, 15) is 17.4 Å². The number of carboxylic acid groups (broad SMARTS) is 1. The number of carbonyl (C=O) groups is 1. The lowest BCUT2D eigenvalue weighted by molar-refractivity contribution is -0.192. The average molecular weight is 600 g/mol. The molecule has 3 aromatic rings. The maximum Gasteiger partial charge on any atom is 0.490 e. The standard InChI is InChI=1S/C22H24FN7O3S.C2HF3O2/c1-22(13-34(31)27-7-3-4-8-30(34)21(24)28-22)15-9-14(5-6-16(15)23)19-10-17(29-33-19)18-11-26-20(32-2)12-25-18;3-2(4,5)1(6)7/h5-6,9-12H,3-4,7-8,13H2,1-2H3,(H2,24,28);(H,6,7)/t22-,34-;/m0./s1. The molecule has 12 nitrogen and oxygen atoms in total. The Labute approximate surface area is 231 Å². The lowest BCUT2D eigenvalue weighted by Gasteiger charge is -2.38. The zero-order valence-electron chi connectivity index (χ0n) is 21.8. The summed E-state index contributed by atoms with van der Waals surface area (Å²) in [6, 6.07) is 6.24. The molecule has 0 aliphatic carbocycles. The van der Waals surface area contributed by atoms with Crippen molar-refractivity contribution in [3.63, 3.8) is 0 Å². The molecule has 2 aliphatic heterocycles. The first kappa shape index (κ1) is 29.7. The van der Waals surface area contributed by atoms with E-state index in [0.717, 1.165) is 12.8 Å². The molecule has 0 radical (unpaired) electrons. The Morgan fingerprint density at radius 1 is 1.20 bits per heavy atom. The van der Waals surface area contributed by atoms with E-state index >= 15 is 4.39 Å². The van der Waals surface area contributed by atoms with Crippen LogP contribution in [0.1, 0.15) is 25.3 Å². The van der Waals surface area contributed by atoms with E-state index in [2.05, 4.69) is 24.5 Å². The smallest absolute Gasteiger partial charge is 0.480 e. The number of ether oxygens (including phenoxy) is 1. The number of guanidine groups is 1. The van der Waals surface area contributed by atoms with E-state index in [0.29, 0.717) is 41.7 Å². The Kier molecular flexibility index (Phi) is 8.19. The van der Waals surface area contributed by atoms with Gasteiger partial charge in [-0.3, -0.25) is 4.31 Å². The van der Waals surface area contributed by atoms with Gasteiger partial charge in [0, 0.05) is 23.7 Å². The molecular formula is C24H25F4N7O5S. The highest BCUT2D eigenvalue weighted by molar-refractivity contribution is 7.92. The quantitative estimate of drug-likeness (QED) is 0.426. The van der Waals surface area contributed by atoms with Crippen LogP contribution in [0.4, 0.5) is 17.6 Å². The topological polar surface area (TPSA) is 169 Å². The highest BCUT2D eigenvalue weighted by Gasteiger charge is 2.42. The van der Waals surface area contributed by atoms with Crippen molar-refractivity contribution in [2.24, 2.45) is 15.1 Å². The predicted molar refractivity (Wildman–Crippen MR) is 138 cm³/mol. The molecule has 0 amide bonds. The van der Waals surface area contributed by atoms with E-state index < -0.39 is 33.4 Å². The third kappa shape index (κ3) is 6.39. The first-order valence-corrected chi connectivity index (χ1v) is 13.7. The van der Waals surface area contributed by atoms with Crippen molar-refractivity contribution in [3.05, 3.63) is 48.0 Å². The Balaban J connectivity index is 0.000000493. The molecular weight excluding hydrogens is 574 g/mol. The van der Waals surface area contributed by atoms with E-state index in [1.54, 1.807) is 29.4 Å². The molecule has 3 N–H and O–H groups in total. The molecule has 2 atom stereocenters. The molecule has 4 heterocycles. The number of aromatic nitrogens is 3. The van der Waals surface area contributed by atoms with Crippen LogP contribution in [-0.2, 0) is 20.2 Å². The van der Waals surface area contributed by atoms with Crippen LogP contribution in [0.2, 0.25) is 0 Å². The number of aliphatic carboxylic acids is 1. The SMILES string of the molecule is COc1cnc(-c2cc(-c3ccc(F)c([C@]4(C)C[S@]5(=O)=NCCCCN5C(N)=N4)c3)on2)cn1.O=C(O)C(F)(F)F. The van der Waals surface area contributed by atoms with Crippen molar-refractivity contribution in [2.75, 3.05) is 26.0 Å². The Morgan fingerprint density at radius 3 is 2.56 bits per heavy atom. The molecule has 2 aliphatic rings. The fraction of sp³-hybridized carbons (Fsp3) is 0.375. The third-order valence-corrected chi connectivity index (χ3v) is 8.76. The molecule has 0 spiro atoms. The van der Waals surface area contributed by atoms with Gasteiger partial charge in [0.1, 0.15) is 32.7 Å². The zero-order valence-corrected chi connectivity index (χ0v) is 22.6. The molecule has 0 bridgehead atoms. The number of alkyl halides is 3. The molecule has 0 saturated heterocycles. The summed E-state index contributed by atoms with van der Waals surface area (Å²) in [5.74, 6) is -2.27. The van der Waals surface area contributed by atoms with Crippen LogP contribution in [0.15, 0.2) is 50.5 Å². The first-order valence-electron chi connectivity index (χ1n) is 12.0. The van der Waals surface area contributed by atoms with Gasteiger partial charge in [0.15, 0.2) is 5.76 Å². The summed E-state index contributed by atoms with van der Waals surface area (Å²) in [6.07, 6.45) is -0.429. The Bertz CT molecular complexity index is 1590. The number of aliphatic imine (C=N–C) groups is 1. The average Bonchev–Trinajstić information content (AvgIpc) is 3.31. The normalized spacial score (nSPS) is 22.3. The number of fused-ring (bicyclic) bond motifs is 1. The Hall–Kier alpha value is -4.28. The minimum atomic E-state index is -5.08. The van der Waals surface area contributed by atoms with Gasteiger partial charge in [-0.25, -0.2) is 32.7 Å². The van der Waals surface area contributed by atoms with Gasteiger partial charge in [-0.1, -0.05) is 5.16 Å². The summed E-state index contributed by atoms with van der Waals surface area (Å²) in [5.41, 5.74) is 6.87. The van der Waals surface area contributed by atoms with Gasteiger partial charge < -0.3 is 20.1 Å². The summed E-state index contributed by atoms with van der Waals surface area (Å²) in [4.78, 5) is 21.9. The highest BCUT2D eigenvalue weighted by atomic mass is 32.2. The van der Waals surface area contributed by atoms with Crippen LogP contribution < -0.4 is 10.5 Å². The summed E-state index contributed by atoms with van der Waals surface area (Å²) in [5, 5.41) is 11.2. The van der Waals surface area contributed by atoms with Crippen LogP contribution in [0.3, 0.4) is 0 Å². The van der Waals surface area contributed by atoms with E-state index in [4.69, 9.17) is 24.9 Å². The number of hydrogen-bond donors (Lipinski definition) is 2. The molecule has 0 saturated carbocycles. The molecule has 1 aromatic carbocycles. The van der Waals surface area contributed by atoms with Crippen molar-refractivity contribution in [2.45, 2.75) is 31.5 Å². The number of carboxylic acids is 1. The van der Waals surface area contributed by atoms with Gasteiger partial charge in [-0.15, -0.1) is 0 Å². The highest BCUT2D eigenvalue weighted by Crippen LogP contribution is 2.37. The van der Waals surface area contributed by atoms with Crippen LogP contribution >= 0.6 is 0 Å². The van der Waals surface area contributed by atoms with Crippen molar-refractivity contribution < 1.29 is 40.9 Å². The van der Waals surface area contributed by atoms with Gasteiger partial charge >= 0.3 is 12.1 Å². The molecule has 0 fully saturated rings. The number of nitrogens with two attached hydrogens (primary N) is 1. The van der Waals surface area contributed by atoms with Crippen molar-refractivity contribution in [1.82, 2.24) is 19.4 Å². The zero-order chi connectivity index (χ0) is 30.0. The lowest BCUT2D eigenvalue weighted by atomic mass is 9.92. The van der Waals surface area contributed by atoms with Crippen LogP contribution in [0.5, 0.6) is 5.88 Å². The van der Waals surface area contributed by atoms with E-state index in [1.165, 1.54) is 25.6 Å². The Morgan fingerprint density at radius 2 is 1.93 bits per heavy atom. The molecule has 220 valence electrons. The fourth-order valence-electron chi connectivity index (χ4n) is 4.19. The van der Waals surface area contributed by atoms with Crippen molar-refractivity contribution >= 4 is 21.8 Å². The third-order valence-electron chi connectivity index (χ3n) is 6.18. The first-order chi connectivity index (χ1) is 19.3. The number of benzene rings is 1. The minimum absolute atomic E-state index is 0.0458. The summed E-state index contributed by atoms with van der Waals surface area (Å²) in [6.45, 7) is 2.73. The maximum atomic E-state index is 15.1. The van der Waals surface area contributed by atoms with Crippen LogP contribution in [0.25, 0.3) is 22.7 Å². The maximum absolute atomic E-state index is 15.1. The van der Waals surface area contributed by atoms with Crippen LogP contribution in [-0.4, -0.2) is 72.8 Å². The number of halogens is 4. The second kappa shape index (κ2) is 11.3. The van der Waals surface area contributed by atoms with Gasteiger partial charge in [0.2, 0.25) is 11.8 Å². The second-order valence-electron chi connectivity index (χ2n) is 9.17. The number of rotatable bonds is 4.